The van der Waals surface area contributed by atoms with Crippen LogP contribution >= 0.6 is 0 Å². The largest absolute Gasteiger partial charge is 0.466 e. The van der Waals surface area contributed by atoms with Crippen molar-refractivity contribution in [3.05, 3.63) is 47.5 Å². The Labute approximate surface area is 106 Å². The Bertz CT molecular complexity index is 478. The lowest BCUT2D eigenvalue weighted by Gasteiger charge is -2.18. The molecule has 1 aliphatic carbocycles. The molecule has 0 spiro atoms. The molecule has 1 aliphatic heterocycles. The van der Waals surface area contributed by atoms with Gasteiger partial charge >= 0.3 is 5.97 Å². The molecule has 94 valence electrons. The first kappa shape index (κ1) is 11.5. The van der Waals surface area contributed by atoms with E-state index in [0.717, 1.165) is 18.6 Å². The van der Waals surface area contributed by atoms with E-state index in [9.17, 15) is 4.79 Å². The van der Waals surface area contributed by atoms with E-state index in [-0.39, 0.29) is 23.9 Å². The van der Waals surface area contributed by atoms with Crippen LogP contribution in [0.3, 0.4) is 0 Å². The minimum Gasteiger partial charge on any atom is -0.466 e. The van der Waals surface area contributed by atoms with Crippen LogP contribution in [-0.2, 0) is 14.3 Å². The molecule has 3 rings (SSSR count). The Morgan fingerprint density at radius 2 is 2.11 bits per heavy atom. The number of carbonyl (C=O) groups is 1. The lowest BCUT2D eigenvalue weighted by atomic mass is 9.91. The SMILES string of the molecule is COC(=O)C1=C[C@@H](c2ccccc2)[C@@H]2OCC[C@H]12. The lowest BCUT2D eigenvalue weighted by molar-refractivity contribution is -0.136. The van der Waals surface area contributed by atoms with Gasteiger partial charge in [0.1, 0.15) is 0 Å². The van der Waals surface area contributed by atoms with Crippen molar-refractivity contribution in [2.24, 2.45) is 5.92 Å². The summed E-state index contributed by atoms with van der Waals surface area (Å²) >= 11 is 0. The maximum absolute atomic E-state index is 11.8. The molecule has 1 heterocycles. The fourth-order valence-corrected chi connectivity index (χ4v) is 3.01. The molecule has 1 aromatic rings. The van der Waals surface area contributed by atoms with Crippen LogP contribution in [-0.4, -0.2) is 25.8 Å². The number of ether oxygens (including phenoxy) is 2. The summed E-state index contributed by atoms with van der Waals surface area (Å²) in [4.78, 5) is 11.8. The van der Waals surface area contributed by atoms with Gasteiger partial charge in [-0.15, -0.1) is 0 Å². The Kier molecular flexibility index (Phi) is 2.92. The Hall–Kier alpha value is -1.61. The topological polar surface area (TPSA) is 35.5 Å². The van der Waals surface area contributed by atoms with Crippen LogP contribution in [0.5, 0.6) is 0 Å². The van der Waals surface area contributed by atoms with Crippen molar-refractivity contribution in [1.29, 1.82) is 0 Å². The normalized spacial score (nSPS) is 29.8. The van der Waals surface area contributed by atoms with Gasteiger partial charge in [0.15, 0.2) is 0 Å². The zero-order chi connectivity index (χ0) is 12.5. The summed E-state index contributed by atoms with van der Waals surface area (Å²) in [5, 5.41) is 0. The van der Waals surface area contributed by atoms with Crippen LogP contribution in [0.1, 0.15) is 17.9 Å². The van der Waals surface area contributed by atoms with E-state index in [0.29, 0.717) is 0 Å². The van der Waals surface area contributed by atoms with E-state index in [1.165, 1.54) is 12.7 Å². The van der Waals surface area contributed by atoms with Crippen LogP contribution in [0.4, 0.5) is 0 Å². The van der Waals surface area contributed by atoms with Crippen molar-refractivity contribution < 1.29 is 14.3 Å². The molecule has 0 radical (unpaired) electrons. The molecule has 0 bridgehead atoms. The third kappa shape index (κ3) is 1.75. The molecule has 0 aromatic heterocycles. The summed E-state index contributed by atoms with van der Waals surface area (Å²) in [5.74, 6) is 0.157. The highest BCUT2D eigenvalue weighted by Gasteiger charge is 2.44. The fourth-order valence-electron chi connectivity index (χ4n) is 3.01. The second kappa shape index (κ2) is 4.58. The lowest BCUT2D eigenvalue weighted by Crippen LogP contribution is -2.20. The number of rotatable bonds is 2. The van der Waals surface area contributed by atoms with Crippen molar-refractivity contribution in [3.63, 3.8) is 0 Å². The summed E-state index contributed by atoms with van der Waals surface area (Å²) in [5.41, 5.74) is 1.99. The van der Waals surface area contributed by atoms with E-state index in [1.807, 2.05) is 24.3 Å². The Morgan fingerprint density at radius 3 is 2.83 bits per heavy atom. The number of hydrogen-bond donors (Lipinski definition) is 0. The predicted molar refractivity (Wildman–Crippen MR) is 67.1 cm³/mol. The van der Waals surface area contributed by atoms with Gasteiger partial charge in [-0.1, -0.05) is 36.4 Å². The van der Waals surface area contributed by atoms with Gasteiger partial charge in [-0.3, -0.25) is 0 Å². The first-order chi connectivity index (χ1) is 8.81. The minimum atomic E-state index is -0.214. The number of fused-ring (bicyclic) bond motifs is 1. The summed E-state index contributed by atoms with van der Waals surface area (Å²) in [6.45, 7) is 0.729. The van der Waals surface area contributed by atoms with Gasteiger partial charge in [0.2, 0.25) is 0 Å². The number of benzene rings is 1. The quantitative estimate of drug-likeness (QED) is 0.749. The van der Waals surface area contributed by atoms with Crippen molar-refractivity contribution in [1.82, 2.24) is 0 Å². The van der Waals surface area contributed by atoms with Crippen molar-refractivity contribution in [2.45, 2.75) is 18.4 Å². The molecule has 1 fully saturated rings. The highest BCUT2D eigenvalue weighted by molar-refractivity contribution is 5.90. The van der Waals surface area contributed by atoms with Crippen LogP contribution in [0.25, 0.3) is 0 Å². The Morgan fingerprint density at radius 1 is 1.33 bits per heavy atom. The van der Waals surface area contributed by atoms with Gasteiger partial charge in [-0.05, 0) is 12.0 Å². The van der Waals surface area contributed by atoms with Crippen molar-refractivity contribution in [3.8, 4) is 0 Å². The molecule has 0 saturated carbocycles. The average molecular weight is 244 g/mol. The van der Waals surface area contributed by atoms with E-state index in [4.69, 9.17) is 9.47 Å². The number of esters is 1. The number of methoxy groups -OCH3 is 1. The maximum Gasteiger partial charge on any atom is 0.333 e. The smallest absolute Gasteiger partial charge is 0.333 e. The van der Waals surface area contributed by atoms with E-state index in [2.05, 4.69) is 12.1 Å². The van der Waals surface area contributed by atoms with Gasteiger partial charge in [-0.2, -0.15) is 0 Å². The summed E-state index contributed by atoms with van der Waals surface area (Å²) < 4.78 is 10.7. The van der Waals surface area contributed by atoms with E-state index in [1.54, 1.807) is 0 Å². The van der Waals surface area contributed by atoms with Crippen LogP contribution < -0.4 is 0 Å². The van der Waals surface area contributed by atoms with Gasteiger partial charge in [0.25, 0.3) is 0 Å². The molecule has 0 N–H and O–H groups in total. The summed E-state index contributed by atoms with van der Waals surface area (Å²) in [6.07, 6.45) is 3.03. The molecule has 1 saturated heterocycles. The number of hydrogen-bond acceptors (Lipinski definition) is 3. The first-order valence-electron chi connectivity index (χ1n) is 6.28. The molecule has 0 unspecified atom stereocenters. The van der Waals surface area contributed by atoms with Gasteiger partial charge < -0.3 is 9.47 Å². The molecular formula is C15H16O3. The average Bonchev–Trinajstić information content (AvgIpc) is 3.00. The van der Waals surface area contributed by atoms with Gasteiger partial charge in [-0.25, -0.2) is 4.79 Å². The first-order valence-corrected chi connectivity index (χ1v) is 6.28. The molecular weight excluding hydrogens is 228 g/mol. The predicted octanol–water partition coefficient (Wildman–Crippen LogP) is 2.29. The second-order valence-corrected chi connectivity index (χ2v) is 4.78. The Balaban J connectivity index is 1.95. The third-order valence-corrected chi connectivity index (χ3v) is 3.85. The van der Waals surface area contributed by atoms with Crippen LogP contribution in [0, 0.1) is 5.92 Å². The molecule has 0 amide bonds. The third-order valence-electron chi connectivity index (χ3n) is 3.85. The molecule has 18 heavy (non-hydrogen) atoms. The molecule has 2 aliphatic rings. The van der Waals surface area contributed by atoms with Crippen LogP contribution in [0.15, 0.2) is 42.0 Å². The monoisotopic (exact) mass is 244 g/mol. The molecule has 3 nitrogen and oxygen atoms in total. The maximum atomic E-state index is 11.8. The minimum absolute atomic E-state index is 0.0986. The fraction of sp³-hybridized carbons (Fsp3) is 0.400. The highest BCUT2D eigenvalue weighted by atomic mass is 16.5. The molecule has 3 heteroatoms. The zero-order valence-electron chi connectivity index (χ0n) is 10.3. The number of carbonyl (C=O) groups excluding carboxylic acids is 1. The van der Waals surface area contributed by atoms with Gasteiger partial charge in [0.05, 0.1) is 13.2 Å². The molecule has 1 aromatic carbocycles. The van der Waals surface area contributed by atoms with Crippen molar-refractivity contribution in [2.75, 3.05) is 13.7 Å². The van der Waals surface area contributed by atoms with Gasteiger partial charge in [0, 0.05) is 24.0 Å². The van der Waals surface area contributed by atoms with Crippen molar-refractivity contribution >= 4 is 5.97 Å². The second-order valence-electron chi connectivity index (χ2n) is 4.78. The summed E-state index contributed by atoms with van der Waals surface area (Å²) in [6, 6.07) is 10.2. The molecule has 3 atom stereocenters. The highest BCUT2D eigenvalue weighted by Crippen LogP contribution is 2.44. The summed E-state index contributed by atoms with van der Waals surface area (Å²) in [7, 11) is 1.43. The standard InChI is InChI=1S/C15H16O3/c1-17-15(16)13-9-12(10-5-3-2-4-6-10)14-11(13)7-8-18-14/h2-6,9,11-12,14H,7-8H2,1H3/t11-,12+,14-/m1/s1. The van der Waals surface area contributed by atoms with E-state index < -0.39 is 0 Å². The zero-order valence-corrected chi connectivity index (χ0v) is 10.3. The van der Waals surface area contributed by atoms with E-state index >= 15 is 0 Å². The van der Waals surface area contributed by atoms with Crippen LogP contribution in [0.2, 0.25) is 0 Å².